The fourth-order valence-corrected chi connectivity index (χ4v) is 3.30. The molecule has 0 saturated carbocycles. The number of rotatable bonds is 4. The fourth-order valence-electron chi connectivity index (χ4n) is 3.30. The van der Waals surface area contributed by atoms with Gasteiger partial charge in [-0.25, -0.2) is 0 Å². The van der Waals surface area contributed by atoms with Gasteiger partial charge in [0, 0.05) is 25.1 Å². The van der Waals surface area contributed by atoms with Crippen LogP contribution in [0.2, 0.25) is 0 Å². The van der Waals surface area contributed by atoms with E-state index in [9.17, 15) is 4.79 Å². The number of hydrogen-bond acceptors (Lipinski definition) is 6. The molecule has 7 heteroatoms. The highest BCUT2D eigenvalue weighted by atomic mass is 16.7. The Bertz CT molecular complexity index is 980. The second-order valence-corrected chi connectivity index (χ2v) is 6.69. The molecule has 0 unspecified atom stereocenters. The van der Waals surface area contributed by atoms with Crippen LogP contribution >= 0.6 is 0 Å². The second-order valence-electron chi connectivity index (χ2n) is 6.69. The highest BCUT2D eigenvalue weighted by molar-refractivity contribution is 5.95. The number of carbonyl (C=O) groups is 1. The predicted octanol–water partition coefficient (Wildman–Crippen LogP) is 2.63. The fraction of sp³-hybridized carbons (Fsp3) is 0.250. The van der Waals surface area contributed by atoms with Crippen molar-refractivity contribution < 1.29 is 18.8 Å². The highest BCUT2D eigenvalue weighted by Crippen LogP contribution is 2.34. The molecule has 2 aliphatic heterocycles. The standard InChI is InChI=1S/C20H17N3O4/c24-20(14-6-7-16-17(9-14)26-12-25-16)23-10-15(11-23)19-21-18(22-27-19)8-13-4-2-1-3-5-13/h1-7,9,15H,8,10-12H2. The van der Waals surface area contributed by atoms with Gasteiger partial charge in [0.15, 0.2) is 17.3 Å². The summed E-state index contributed by atoms with van der Waals surface area (Å²) in [4.78, 5) is 18.9. The van der Waals surface area contributed by atoms with E-state index in [1.165, 1.54) is 0 Å². The third-order valence-corrected chi connectivity index (χ3v) is 4.83. The molecule has 27 heavy (non-hydrogen) atoms. The largest absolute Gasteiger partial charge is 0.454 e. The number of benzene rings is 2. The minimum absolute atomic E-state index is 0.0337. The van der Waals surface area contributed by atoms with E-state index in [2.05, 4.69) is 10.1 Å². The van der Waals surface area contributed by atoms with Crippen LogP contribution in [-0.4, -0.2) is 40.8 Å². The maximum absolute atomic E-state index is 12.6. The first-order chi connectivity index (χ1) is 13.3. The van der Waals surface area contributed by atoms with Crippen molar-refractivity contribution in [3.63, 3.8) is 0 Å². The molecule has 136 valence electrons. The first kappa shape index (κ1) is 15.9. The Kier molecular flexibility index (Phi) is 3.78. The van der Waals surface area contributed by atoms with Crippen LogP contribution in [-0.2, 0) is 6.42 Å². The average Bonchev–Trinajstić information content (AvgIpc) is 3.30. The second kappa shape index (κ2) is 6.42. The molecule has 1 aromatic heterocycles. The van der Waals surface area contributed by atoms with E-state index in [0.29, 0.717) is 48.3 Å². The Balaban J connectivity index is 1.21. The molecule has 2 aromatic carbocycles. The third-order valence-electron chi connectivity index (χ3n) is 4.83. The molecule has 0 radical (unpaired) electrons. The first-order valence-electron chi connectivity index (χ1n) is 8.81. The molecular formula is C20H17N3O4. The summed E-state index contributed by atoms with van der Waals surface area (Å²) in [6.07, 6.45) is 0.636. The number of fused-ring (bicyclic) bond motifs is 1. The van der Waals surface area contributed by atoms with Crippen LogP contribution in [0.25, 0.3) is 0 Å². The lowest BCUT2D eigenvalue weighted by Gasteiger charge is -2.37. The molecule has 0 spiro atoms. The zero-order chi connectivity index (χ0) is 18.2. The number of ether oxygens (including phenoxy) is 2. The third kappa shape index (κ3) is 3.01. The maximum atomic E-state index is 12.6. The molecule has 3 heterocycles. The summed E-state index contributed by atoms with van der Waals surface area (Å²) in [7, 11) is 0. The van der Waals surface area contributed by atoms with Gasteiger partial charge < -0.3 is 18.9 Å². The van der Waals surface area contributed by atoms with Crippen LogP contribution < -0.4 is 9.47 Å². The van der Waals surface area contributed by atoms with Gasteiger partial charge in [-0.3, -0.25) is 4.79 Å². The van der Waals surface area contributed by atoms with Gasteiger partial charge in [0.2, 0.25) is 12.7 Å². The van der Waals surface area contributed by atoms with Gasteiger partial charge in [0.25, 0.3) is 5.91 Å². The number of aromatic nitrogens is 2. The van der Waals surface area contributed by atoms with Gasteiger partial charge in [0.1, 0.15) is 0 Å². The molecule has 0 bridgehead atoms. The quantitative estimate of drug-likeness (QED) is 0.709. The van der Waals surface area contributed by atoms with E-state index in [0.717, 1.165) is 5.56 Å². The van der Waals surface area contributed by atoms with Crippen molar-refractivity contribution in [2.24, 2.45) is 0 Å². The SMILES string of the molecule is O=C(c1ccc2c(c1)OCO2)N1CC(c2nc(Cc3ccccc3)no2)C1. The minimum atomic E-state index is -0.0337. The molecule has 3 aromatic rings. The van der Waals surface area contributed by atoms with E-state index < -0.39 is 0 Å². The number of likely N-dealkylation sites (tertiary alicyclic amines) is 1. The maximum Gasteiger partial charge on any atom is 0.254 e. The average molecular weight is 363 g/mol. The summed E-state index contributed by atoms with van der Waals surface area (Å²) in [6.45, 7) is 1.34. The molecule has 7 nitrogen and oxygen atoms in total. The lowest BCUT2D eigenvalue weighted by atomic mass is 9.98. The van der Waals surface area contributed by atoms with Crippen molar-refractivity contribution in [1.82, 2.24) is 15.0 Å². The predicted molar refractivity (Wildman–Crippen MR) is 94.8 cm³/mol. The van der Waals surface area contributed by atoms with Crippen molar-refractivity contribution in [3.8, 4) is 11.5 Å². The summed E-state index contributed by atoms with van der Waals surface area (Å²) in [6, 6.07) is 15.3. The molecular weight excluding hydrogens is 346 g/mol. The monoisotopic (exact) mass is 363 g/mol. The number of amides is 1. The van der Waals surface area contributed by atoms with Crippen LogP contribution in [0.1, 0.15) is 33.6 Å². The van der Waals surface area contributed by atoms with Crippen LogP contribution in [0, 0.1) is 0 Å². The molecule has 0 N–H and O–H groups in total. The Hall–Kier alpha value is -3.35. The van der Waals surface area contributed by atoms with Crippen molar-refractivity contribution in [1.29, 1.82) is 0 Å². The van der Waals surface area contributed by atoms with E-state index in [-0.39, 0.29) is 18.6 Å². The Morgan fingerprint density at radius 3 is 2.74 bits per heavy atom. The Morgan fingerprint density at radius 2 is 1.89 bits per heavy atom. The molecule has 0 atom stereocenters. The summed E-state index contributed by atoms with van der Waals surface area (Å²) in [5.41, 5.74) is 1.73. The van der Waals surface area contributed by atoms with Crippen LogP contribution in [0.15, 0.2) is 53.1 Å². The first-order valence-corrected chi connectivity index (χ1v) is 8.81. The molecule has 0 aliphatic carbocycles. The van der Waals surface area contributed by atoms with E-state index in [4.69, 9.17) is 14.0 Å². The molecule has 2 aliphatic rings. The molecule has 5 rings (SSSR count). The van der Waals surface area contributed by atoms with Crippen molar-refractivity contribution >= 4 is 5.91 Å². The number of carbonyl (C=O) groups excluding carboxylic acids is 1. The van der Waals surface area contributed by atoms with Crippen LogP contribution in [0.3, 0.4) is 0 Å². The van der Waals surface area contributed by atoms with Crippen molar-refractivity contribution in [3.05, 3.63) is 71.4 Å². The van der Waals surface area contributed by atoms with Gasteiger partial charge in [0.05, 0.1) is 5.92 Å². The van der Waals surface area contributed by atoms with E-state index >= 15 is 0 Å². The van der Waals surface area contributed by atoms with Crippen LogP contribution in [0.4, 0.5) is 0 Å². The number of hydrogen-bond donors (Lipinski definition) is 0. The zero-order valence-corrected chi connectivity index (χ0v) is 14.5. The van der Waals surface area contributed by atoms with Gasteiger partial charge in [-0.1, -0.05) is 35.5 Å². The van der Waals surface area contributed by atoms with Crippen molar-refractivity contribution in [2.45, 2.75) is 12.3 Å². The summed E-state index contributed by atoms with van der Waals surface area (Å²) in [5.74, 6) is 2.59. The zero-order valence-electron chi connectivity index (χ0n) is 14.5. The molecule has 1 saturated heterocycles. The van der Waals surface area contributed by atoms with Crippen LogP contribution in [0.5, 0.6) is 11.5 Å². The Morgan fingerprint density at radius 1 is 1.07 bits per heavy atom. The normalized spacial score (nSPS) is 15.6. The number of nitrogens with zero attached hydrogens (tertiary/aromatic N) is 3. The molecule has 1 fully saturated rings. The smallest absolute Gasteiger partial charge is 0.254 e. The van der Waals surface area contributed by atoms with Crippen molar-refractivity contribution in [2.75, 3.05) is 19.9 Å². The van der Waals surface area contributed by atoms with Gasteiger partial charge >= 0.3 is 0 Å². The minimum Gasteiger partial charge on any atom is -0.454 e. The van der Waals surface area contributed by atoms with E-state index in [1.807, 2.05) is 30.3 Å². The topological polar surface area (TPSA) is 77.7 Å². The summed E-state index contributed by atoms with van der Waals surface area (Å²) in [5, 5.41) is 4.06. The van der Waals surface area contributed by atoms with E-state index in [1.54, 1.807) is 23.1 Å². The lowest BCUT2D eigenvalue weighted by Crippen LogP contribution is -2.48. The van der Waals surface area contributed by atoms with Gasteiger partial charge in [-0.15, -0.1) is 0 Å². The van der Waals surface area contributed by atoms with Gasteiger partial charge in [-0.05, 0) is 23.8 Å². The highest BCUT2D eigenvalue weighted by Gasteiger charge is 2.36. The lowest BCUT2D eigenvalue weighted by molar-refractivity contribution is 0.0569. The Labute approximate surface area is 155 Å². The summed E-state index contributed by atoms with van der Waals surface area (Å²) < 4.78 is 16.0. The van der Waals surface area contributed by atoms with Gasteiger partial charge in [-0.2, -0.15) is 4.98 Å². The molecule has 1 amide bonds. The summed E-state index contributed by atoms with van der Waals surface area (Å²) >= 11 is 0.